The third-order valence-corrected chi connectivity index (χ3v) is 3.93. The van der Waals surface area contributed by atoms with E-state index in [-0.39, 0.29) is 36.1 Å². The zero-order valence-corrected chi connectivity index (χ0v) is 13.3. The van der Waals surface area contributed by atoms with E-state index in [0.29, 0.717) is 0 Å². The van der Waals surface area contributed by atoms with Gasteiger partial charge in [-0.05, 0) is 13.0 Å². The summed E-state index contributed by atoms with van der Waals surface area (Å²) in [6.07, 6.45) is 0. The molecule has 0 heterocycles. The first kappa shape index (κ1) is 20.2. The number of hydrogen-bond donors (Lipinski definition) is 3. The Morgan fingerprint density at radius 3 is 2.59 bits per heavy atom. The van der Waals surface area contributed by atoms with Crippen LogP contribution in [0.15, 0.2) is 29.2 Å². The molecule has 124 valence electrons. The molecule has 22 heavy (non-hydrogen) atoms. The molecule has 0 spiro atoms. The minimum Gasteiger partial charge on any atom is -0.353 e. The lowest BCUT2D eigenvalue weighted by molar-refractivity contribution is -0.385. The van der Waals surface area contributed by atoms with Crippen LogP contribution in [0.3, 0.4) is 0 Å². The third kappa shape index (κ3) is 5.93. The molecule has 0 aliphatic rings. The molecule has 9 nitrogen and oxygen atoms in total. The van der Waals surface area contributed by atoms with Crippen molar-refractivity contribution in [2.75, 3.05) is 13.1 Å². The van der Waals surface area contributed by atoms with Crippen molar-refractivity contribution in [1.29, 1.82) is 0 Å². The molecule has 4 N–H and O–H groups in total. The number of non-ortho nitro benzene ring substituents is 1. The van der Waals surface area contributed by atoms with Gasteiger partial charge < -0.3 is 11.1 Å². The summed E-state index contributed by atoms with van der Waals surface area (Å²) in [4.78, 5) is 20.9. The highest BCUT2D eigenvalue weighted by Gasteiger charge is 2.17. The van der Waals surface area contributed by atoms with Crippen molar-refractivity contribution >= 4 is 34.0 Å². The van der Waals surface area contributed by atoms with Crippen LogP contribution in [0.4, 0.5) is 5.69 Å². The molecule has 0 fully saturated rings. The lowest BCUT2D eigenvalue weighted by Gasteiger charge is -2.09. The van der Waals surface area contributed by atoms with E-state index in [2.05, 4.69) is 10.0 Å². The van der Waals surface area contributed by atoms with Crippen molar-refractivity contribution in [2.45, 2.75) is 17.9 Å². The van der Waals surface area contributed by atoms with Crippen LogP contribution in [0.1, 0.15) is 6.92 Å². The Labute approximate surface area is 133 Å². The summed E-state index contributed by atoms with van der Waals surface area (Å²) in [6, 6.07) is 4.00. The van der Waals surface area contributed by atoms with Gasteiger partial charge in [-0.25, -0.2) is 13.1 Å². The summed E-state index contributed by atoms with van der Waals surface area (Å²) in [7, 11) is -3.87. The topological polar surface area (TPSA) is 144 Å². The van der Waals surface area contributed by atoms with E-state index in [1.807, 2.05) is 0 Å². The number of hydrogen-bond acceptors (Lipinski definition) is 6. The Balaban J connectivity index is 0.00000441. The average molecular weight is 353 g/mol. The van der Waals surface area contributed by atoms with Gasteiger partial charge in [0.25, 0.3) is 5.69 Å². The predicted octanol–water partition coefficient (Wildman–Crippen LogP) is -0.242. The normalized spacial score (nSPS) is 12.1. The van der Waals surface area contributed by atoms with E-state index in [1.165, 1.54) is 25.1 Å². The van der Waals surface area contributed by atoms with Crippen LogP contribution in [0.5, 0.6) is 0 Å². The Bertz CT molecular complexity index is 635. The second kappa shape index (κ2) is 8.63. The monoisotopic (exact) mass is 352 g/mol. The molecular formula is C11H17ClN4O5S. The highest BCUT2D eigenvalue weighted by molar-refractivity contribution is 7.89. The van der Waals surface area contributed by atoms with Gasteiger partial charge in [0.05, 0.1) is 15.9 Å². The van der Waals surface area contributed by atoms with Gasteiger partial charge >= 0.3 is 0 Å². The third-order valence-electron chi connectivity index (χ3n) is 2.47. The van der Waals surface area contributed by atoms with Crippen LogP contribution in [0.25, 0.3) is 0 Å². The van der Waals surface area contributed by atoms with Crippen LogP contribution in [0, 0.1) is 10.1 Å². The number of nitrogens with two attached hydrogens (primary N) is 1. The fourth-order valence-corrected chi connectivity index (χ4v) is 2.45. The summed E-state index contributed by atoms with van der Waals surface area (Å²) in [5.74, 6) is -0.399. The standard InChI is InChI=1S/C11H16N4O5S.ClH/c1-8(12)11(16)13-5-6-14-21(19,20)10-4-2-3-9(7-10)15(17)18;/h2-4,7-8,14H,5-6,12H2,1H3,(H,13,16);1H/t8-;/m1./s1. The number of benzene rings is 1. The second-order valence-corrected chi connectivity index (χ2v) is 6.00. The van der Waals surface area contributed by atoms with Crippen molar-refractivity contribution in [3.8, 4) is 0 Å². The van der Waals surface area contributed by atoms with Crippen molar-refractivity contribution in [3.63, 3.8) is 0 Å². The Hall–Kier alpha value is -1.75. The first-order chi connectivity index (χ1) is 9.74. The SMILES string of the molecule is C[C@@H](N)C(=O)NCCNS(=O)(=O)c1cccc([N+](=O)[O-])c1.Cl. The molecular weight excluding hydrogens is 336 g/mol. The van der Waals surface area contributed by atoms with Crippen LogP contribution in [0.2, 0.25) is 0 Å². The van der Waals surface area contributed by atoms with E-state index in [4.69, 9.17) is 5.73 Å². The quantitative estimate of drug-likeness (QED) is 0.351. The van der Waals surface area contributed by atoms with Crippen molar-refractivity contribution in [2.24, 2.45) is 5.73 Å². The maximum absolute atomic E-state index is 11.9. The van der Waals surface area contributed by atoms with Gasteiger partial charge in [0.2, 0.25) is 15.9 Å². The number of nitro groups is 1. The number of nitrogens with zero attached hydrogens (tertiary/aromatic N) is 1. The zero-order valence-electron chi connectivity index (χ0n) is 11.7. The molecule has 1 amide bonds. The van der Waals surface area contributed by atoms with E-state index >= 15 is 0 Å². The summed E-state index contributed by atoms with van der Waals surface area (Å²) in [5.41, 5.74) is 5.01. The number of sulfonamides is 1. The van der Waals surface area contributed by atoms with Crippen LogP contribution in [-0.2, 0) is 14.8 Å². The fourth-order valence-electron chi connectivity index (χ4n) is 1.38. The molecule has 0 radical (unpaired) electrons. The second-order valence-electron chi connectivity index (χ2n) is 4.23. The zero-order chi connectivity index (χ0) is 16.0. The minimum absolute atomic E-state index is 0. The van der Waals surface area contributed by atoms with E-state index in [1.54, 1.807) is 0 Å². The summed E-state index contributed by atoms with van der Waals surface area (Å²) >= 11 is 0. The summed E-state index contributed by atoms with van der Waals surface area (Å²) in [5, 5.41) is 13.0. The number of rotatable bonds is 7. The van der Waals surface area contributed by atoms with Crippen LogP contribution >= 0.6 is 12.4 Å². The number of amides is 1. The lowest BCUT2D eigenvalue weighted by Crippen LogP contribution is -2.41. The van der Waals surface area contributed by atoms with Gasteiger partial charge in [-0.3, -0.25) is 14.9 Å². The van der Waals surface area contributed by atoms with Gasteiger partial charge in [0, 0.05) is 25.2 Å². The molecule has 0 aliphatic carbocycles. The maximum atomic E-state index is 11.9. The number of halogens is 1. The molecule has 0 saturated heterocycles. The highest BCUT2D eigenvalue weighted by Crippen LogP contribution is 2.16. The molecule has 0 aromatic heterocycles. The first-order valence-corrected chi connectivity index (χ1v) is 7.50. The van der Waals surface area contributed by atoms with Crippen molar-refractivity contribution in [3.05, 3.63) is 34.4 Å². The van der Waals surface area contributed by atoms with Crippen LogP contribution < -0.4 is 15.8 Å². The first-order valence-electron chi connectivity index (χ1n) is 6.01. The molecule has 1 rings (SSSR count). The van der Waals surface area contributed by atoms with Gasteiger partial charge in [-0.2, -0.15) is 0 Å². The van der Waals surface area contributed by atoms with E-state index in [9.17, 15) is 23.3 Å². The van der Waals surface area contributed by atoms with E-state index in [0.717, 1.165) is 6.07 Å². The van der Waals surface area contributed by atoms with Crippen molar-refractivity contribution < 1.29 is 18.1 Å². The molecule has 0 bridgehead atoms. The molecule has 0 saturated carbocycles. The Morgan fingerprint density at radius 1 is 1.41 bits per heavy atom. The highest BCUT2D eigenvalue weighted by atomic mass is 35.5. The van der Waals surface area contributed by atoms with Gasteiger partial charge in [-0.1, -0.05) is 6.07 Å². The molecule has 1 aromatic carbocycles. The average Bonchev–Trinajstić information content (AvgIpc) is 2.43. The fraction of sp³-hybridized carbons (Fsp3) is 0.364. The molecule has 11 heteroatoms. The largest absolute Gasteiger partial charge is 0.353 e. The Kier molecular flexibility index (Phi) is 7.95. The lowest BCUT2D eigenvalue weighted by atomic mass is 10.3. The summed E-state index contributed by atoms with van der Waals surface area (Å²) in [6.45, 7) is 1.51. The molecule has 1 aromatic rings. The molecule has 1 atom stereocenters. The predicted molar refractivity (Wildman–Crippen MR) is 82.2 cm³/mol. The Morgan fingerprint density at radius 2 is 2.05 bits per heavy atom. The maximum Gasteiger partial charge on any atom is 0.270 e. The number of nitrogens with one attached hydrogen (secondary N) is 2. The number of carbonyl (C=O) groups excluding carboxylic acids is 1. The smallest absolute Gasteiger partial charge is 0.270 e. The number of carbonyl (C=O) groups is 1. The van der Waals surface area contributed by atoms with Gasteiger partial charge in [-0.15, -0.1) is 12.4 Å². The van der Waals surface area contributed by atoms with Gasteiger partial charge in [0.15, 0.2) is 0 Å². The minimum atomic E-state index is -3.87. The number of nitro benzene ring substituents is 1. The summed E-state index contributed by atoms with van der Waals surface area (Å²) < 4.78 is 26.1. The molecule has 0 unspecified atom stereocenters. The van der Waals surface area contributed by atoms with Gasteiger partial charge in [0.1, 0.15) is 0 Å². The van der Waals surface area contributed by atoms with Crippen molar-refractivity contribution in [1.82, 2.24) is 10.0 Å². The molecule has 0 aliphatic heterocycles. The van der Waals surface area contributed by atoms with E-state index < -0.39 is 26.9 Å². The van der Waals surface area contributed by atoms with Crippen LogP contribution in [-0.4, -0.2) is 38.4 Å².